The predicted molar refractivity (Wildman–Crippen MR) is 107 cm³/mol. The normalized spacial score (nSPS) is 20.1. The van der Waals surface area contributed by atoms with Gasteiger partial charge in [0.2, 0.25) is 0 Å². The lowest BCUT2D eigenvalue weighted by molar-refractivity contribution is 0.00578. The highest BCUT2D eigenvalue weighted by atomic mass is 16.7. The van der Waals surface area contributed by atoms with Crippen LogP contribution in [0.3, 0.4) is 0 Å². The Kier molecular flexibility index (Phi) is 6.48. The molecule has 0 saturated carbocycles. The average molecular weight is 377 g/mol. The van der Waals surface area contributed by atoms with Crippen LogP contribution < -0.4 is 15.5 Å². The van der Waals surface area contributed by atoms with Crippen LogP contribution in [0, 0.1) is 5.41 Å². The first-order valence-electron chi connectivity index (χ1n) is 9.53. The molecule has 1 aliphatic heterocycles. The zero-order chi connectivity index (χ0) is 20.3. The molecule has 2 N–H and O–H groups in total. The van der Waals surface area contributed by atoms with Crippen LogP contribution in [-0.2, 0) is 9.31 Å². The first kappa shape index (κ1) is 21.6. The number of hydrogen-bond acceptors (Lipinski definition) is 4. The number of hydrogen-bond donors (Lipinski definition) is 2. The fourth-order valence-corrected chi connectivity index (χ4v) is 3.06. The van der Waals surface area contributed by atoms with Crippen LogP contribution in [0.5, 0.6) is 5.75 Å². The predicted octanol–water partition coefficient (Wildman–Crippen LogP) is 3.44. The van der Waals surface area contributed by atoms with Gasteiger partial charge in [-0.1, -0.05) is 32.4 Å². The Morgan fingerprint density at radius 2 is 1.74 bits per heavy atom. The molecule has 2 rings (SSSR count). The Morgan fingerprint density at radius 1 is 1.19 bits per heavy atom. The van der Waals surface area contributed by atoms with Crippen LogP contribution in [0.1, 0.15) is 54.4 Å². The minimum Gasteiger partial charge on any atom is -0.493 e. The lowest BCUT2D eigenvalue weighted by Crippen LogP contribution is -2.41. The Bertz CT molecular complexity index is 630. The fraction of sp³-hybridized carbons (Fsp3) is 0.650. The minimum atomic E-state index is -1.01. The smallest absolute Gasteiger partial charge is 0.493 e. The summed E-state index contributed by atoms with van der Waals surface area (Å²) < 4.78 is 18.1. The standard InChI is InChI=1S/C20H32BNO5/c1-7-12-20(6,13-22-17(23)24)14-25-16-10-8-15(9-11-16)21-26-18(2,3)19(4,5)27-21/h8-11,22H,7,12-14H2,1-6H3,(H,23,24). The molecule has 7 heteroatoms. The zero-order valence-electron chi connectivity index (χ0n) is 17.3. The van der Waals surface area contributed by atoms with E-state index in [2.05, 4.69) is 12.2 Å². The van der Waals surface area contributed by atoms with Crippen molar-refractivity contribution < 1.29 is 23.9 Å². The quantitative estimate of drug-likeness (QED) is 0.679. The van der Waals surface area contributed by atoms with Crippen molar-refractivity contribution in [3.63, 3.8) is 0 Å². The summed E-state index contributed by atoms with van der Waals surface area (Å²) in [6.07, 6.45) is 0.825. The van der Waals surface area contributed by atoms with Gasteiger partial charge in [0.15, 0.2) is 0 Å². The second-order valence-corrected chi connectivity index (χ2v) is 8.67. The van der Waals surface area contributed by atoms with Crippen molar-refractivity contribution in [2.24, 2.45) is 5.41 Å². The van der Waals surface area contributed by atoms with Gasteiger partial charge in [-0.05, 0) is 51.7 Å². The molecule has 1 aromatic carbocycles. The summed E-state index contributed by atoms with van der Waals surface area (Å²) >= 11 is 0. The molecule has 1 fully saturated rings. The van der Waals surface area contributed by atoms with Crippen molar-refractivity contribution in [1.82, 2.24) is 5.32 Å². The van der Waals surface area contributed by atoms with E-state index in [1.165, 1.54) is 0 Å². The maximum atomic E-state index is 10.8. The summed E-state index contributed by atoms with van der Waals surface area (Å²) in [5, 5.41) is 11.3. The molecule has 1 heterocycles. The summed E-state index contributed by atoms with van der Waals surface area (Å²) in [6.45, 7) is 13.0. The van der Waals surface area contributed by atoms with Gasteiger partial charge >= 0.3 is 13.2 Å². The van der Waals surface area contributed by atoms with Gasteiger partial charge in [0.1, 0.15) is 5.75 Å². The van der Waals surface area contributed by atoms with Crippen LogP contribution in [0.25, 0.3) is 0 Å². The molecule has 6 nitrogen and oxygen atoms in total. The van der Waals surface area contributed by atoms with Gasteiger partial charge in [-0.15, -0.1) is 0 Å². The van der Waals surface area contributed by atoms with Gasteiger partial charge in [0.05, 0.1) is 17.8 Å². The summed E-state index contributed by atoms with van der Waals surface area (Å²) in [4.78, 5) is 10.8. The molecule has 1 unspecified atom stereocenters. The Labute approximate surface area is 162 Å². The van der Waals surface area contributed by atoms with E-state index in [0.717, 1.165) is 24.1 Å². The van der Waals surface area contributed by atoms with Gasteiger partial charge < -0.3 is 24.5 Å². The molecule has 1 amide bonds. The van der Waals surface area contributed by atoms with Crippen molar-refractivity contribution in [2.75, 3.05) is 13.2 Å². The van der Waals surface area contributed by atoms with Crippen molar-refractivity contribution in [1.29, 1.82) is 0 Å². The molecule has 150 valence electrons. The van der Waals surface area contributed by atoms with Gasteiger partial charge in [-0.25, -0.2) is 4.79 Å². The van der Waals surface area contributed by atoms with Crippen molar-refractivity contribution in [3.8, 4) is 5.75 Å². The number of nitrogens with one attached hydrogen (secondary N) is 1. The Hall–Kier alpha value is -1.73. The molecule has 1 atom stereocenters. The van der Waals surface area contributed by atoms with E-state index in [0.29, 0.717) is 13.2 Å². The van der Waals surface area contributed by atoms with Crippen molar-refractivity contribution in [2.45, 2.75) is 65.6 Å². The number of amides is 1. The number of carboxylic acid groups (broad SMARTS) is 1. The third-order valence-corrected chi connectivity index (χ3v) is 5.51. The highest BCUT2D eigenvalue weighted by Crippen LogP contribution is 2.36. The molecule has 0 spiro atoms. The summed E-state index contributed by atoms with van der Waals surface area (Å²) in [7, 11) is -0.394. The molecule has 1 aliphatic rings. The lowest BCUT2D eigenvalue weighted by Gasteiger charge is -2.32. The third-order valence-electron chi connectivity index (χ3n) is 5.51. The van der Waals surface area contributed by atoms with Gasteiger partial charge in [-0.3, -0.25) is 0 Å². The van der Waals surface area contributed by atoms with E-state index in [1.54, 1.807) is 0 Å². The van der Waals surface area contributed by atoms with Crippen molar-refractivity contribution in [3.05, 3.63) is 24.3 Å². The molecular formula is C20H32BNO5. The summed E-state index contributed by atoms with van der Waals surface area (Å²) in [5.41, 5.74) is -0.0417. The molecule has 0 radical (unpaired) electrons. The second-order valence-electron chi connectivity index (χ2n) is 8.67. The van der Waals surface area contributed by atoms with Gasteiger partial charge in [0.25, 0.3) is 0 Å². The first-order valence-corrected chi connectivity index (χ1v) is 9.53. The summed E-state index contributed by atoms with van der Waals surface area (Å²) in [5.74, 6) is 0.743. The topological polar surface area (TPSA) is 77.0 Å². The van der Waals surface area contributed by atoms with Crippen LogP contribution in [0.4, 0.5) is 4.79 Å². The SMILES string of the molecule is CCCC(C)(CNC(=O)O)COc1ccc(B2OC(C)(C)C(C)(C)O2)cc1. The largest absolute Gasteiger partial charge is 0.494 e. The molecular weight excluding hydrogens is 345 g/mol. The Balaban J connectivity index is 1.98. The second kappa shape index (κ2) is 8.11. The van der Waals surface area contributed by atoms with Gasteiger partial charge in [0, 0.05) is 12.0 Å². The van der Waals surface area contributed by atoms with Crippen LogP contribution in [0.2, 0.25) is 0 Å². The highest BCUT2D eigenvalue weighted by molar-refractivity contribution is 6.62. The summed E-state index contributed by atoms with van der Waals surface area (Å²) in [6, 6.07) is 7.70. The first-order chi connectivity index (χ1) is 12.5. The lowest BCUT2D eigenvalue weighted by atomic mass is 9.79. The van der Waals surface area contributed by atoms with Gasteiger partial charge in [-0.2, -0.15) is 0 Å². The van der Waals surface area contributed by atoms with Crippen LogP contribution in [0.15, 0.2) is 24.3 Å². The molecule has 1 saturated heterocycles. The van der Waals surface area contributed by atoms with Crippen LogP contribution >= 0.6 is 0 Å². The van der Waals surface area contributed by atoms with E-state index < -0.39 is 13.2 Å². The Morgan fingerprint density at radius 3 is 2.22 bits per heavy atom. The zero-order valence-corrected chi connectivity index (χ0v) is 17.3. The maximum absolute atomic E-state index is 10.8. The molecule has 0 aliphatic carbocycles. The van der Waals surface area contributed by atoms with E-state index in [9.17, 15) is 4.79 Å². The number of benzene rings is 1. The van der Waals surface area contributed by atoms with E-state index >= 15 is 0 Å². The molecule has 27 heavy (non-hydrogen) atoms. The number of carbonyl (C=O) groups is 1. The maximum Gasteiger partial charge on any atom is 0.494 e. The van der Waals surface area contributed by atoms with E-state index in [1.807, 2.05) is 58.9 Å². The molecule has 0 aromatic heterocycles. The number of rotatable bonds is 8. The van der Waals surface area contributed by atoms with E-state index in [-0.39, 0.29) is 16.6 Å². The fourth-order valence-electron chi connectivity index (χ4n) is 3.06. The minimum absolute atomic E-state index is 0.252. The molecule has 1 aromatic rings. The average Bonchev–Trinajstić information content (AvgIpc) is 2.80. The molecule has 0 bridgehead atoms. The van der Waals surface area contributed by atoms with Crippen molar-refractivity contribution >= 4 is 18.7 Å². The van der Waals surface area contributed by atoms with Crippen LogP contribution in [-0.4, -0.2) is 42.7 Å². The highest BCUT2D eigenvalue weighted by Gasteiger charge is 2.51. The monoisotopic (exact) mass is 377 g/mol. The number of ether oxygens (including phenoxy) is 1. The van der Waals surface area contributed by atoms with E-state index in [4.69, 9.17) is 19.2 Å². The third kappa shape index (κ3) is 5.39.